The molecule has 0 unspecified atom stereocenters. The lowest BCUT2D eigenvalue weighted by atomic mass is 10.2. The highest BCUT2D eigenvalue weighted by atomic mass is 16.5. The summed E-state index contributed by atoms with van der Waals surface area (Å²) in [6.07, 6.45) is 0.359. The molecule has 0 spiro atoms. The molecule has 0 saturated carbocycles. The van der Waals surface area contributed by atoms with Crippen LogP contribution in [0.15, 0.2) is 57.7 Å². The molecule has 28 heavy (non-hydrogen) atoms. The first kappa shape index (κ1) is 18.9. The van der Waals surface area contributed by atoms with Gasteiger partial charge in [-0.25, -0.2) is 4.79 Å². The van der Waals surface area contributed by atoms with E-state index in [1.54, 1.807) is 31.2 Å². The molecular formula is C19H17N3O6. The second-order valence-electron chi connectivity index (χ2n) is 5.87. The Kier molecular flexibility index (Phi) is 5.54. The Morgan fingerprint density at radius 1 is 1.11 bits per heavy atom. The van der Waals surface area contributed by atoms with Crippen molar-refractivity contribution < 1.29 is 28.1 Å². The molecule has 0 bridgehead atoms. The van der Waals surface area contributed by atoms with Crippen molar-refractivity contribution in [3.05, 3.63) is 65.8 Å². The van der Waals surface area contributed by atoms with Gasteiger partial charge in [-0.3, -0.25) is 9.59 Å². The minimum atomic E-state index is -1.04. The number of aromatic nitrogens is 1. The lowest BCUT2D eigenvalue weighted by molar-refractivity contribution is -0.123. The van der Waals surface area contributed by atoms with Gasteiger partial charge in [0.1, 0.15) is 5.76 Å². The number of benzene rings is 1. The summed E-state index contributed by atoms with van der Waals surface area (Å²) >= 11 is 0. The first-order chi connectivity index (χ1) is 13.4. The Morgan fingerprint density at radius 2 is 1.86 bits per heavy atom. The van der Waals surface area contributed by atoms with Crippen molar-refractivity contribution in [3.63, 3.8) is 0 Å². The van der Waals surface area contributed by atoms with E-state index in [9.17, 15) is 14.4 Å². The number of hydrogen-bond donors (Lipinski definition) is 2. The fourth-order valence-corrected chi connectivity index (χ4v) is 2.23. The van der Waals surface area contributed by atoms with Crippen molar-refractivity contribution in [2.45, 2.75) is 20.0 Å². The quantitative estimate of drug-likeness (QED) is 0.627. The normalized spacial score (nSPS) is 11.5. The van der Waals surface area contributed by atoms with Gasteiger partial charge in [-0.15, -0.1) is 0 Å². The average Bonchev–Trinajstić information content (AvgIpc) is 3.34. The molecular weight excluding hydrogens is 366 g/mol. The molecule has 2 amide bonds. The summed E-state index contributed by atoms with van der Waals surface area (Å²) in [5, 5.41) is 8.76. The highest BCUT2D eigenvalue weighted by Crippen LogP contribution is 2.14. The second kappa shape index (κ2) is 8.21. The monoisotopic (exact) mass is 383 g/mol. The Balaban J connectivity index is 1.55. The van der Waals surface area contributed by atoms with Crippen LogP contribution in [0, 0.1) is 6.92 Å². The largest absolute Gasteiger partial charge is 0.459 e. The zero-order chi connectivity index (χ0) is 20.1. The molecule has 1 aromatic carbocycles. The van der Waals surface area contributed by atoms with Gasteiger partial charge in [0.15, 0.2) is 17.7 Å². The van der Waals surface area contributed by atoms with Gasteiger partial charge in [0, 0.05) is 11.8 Å². The van der Waals surface area contributed by atoms with E-state index in [4.69, 9.17) is 13.7 Å². The van der Waals surface area contributed by atoms with Gasteiger partial charge in [-0.05, 0) is 50.2 Å². The molecule has 1 atom stereocenters. The molecule has 0 aliphatic carbocycles. The average molecular weight is 383 g/mol. The van der Waals surface area contributed by atoms with E-state index in [-0.39, 0.29) is 17.1 Å². The predicted molar refractivity (Wildman–Crippen MR) is 97.9 cm³/mol. The fraction of sp³-hybridized carbons (Fsp3) is 0.158. The van der Waals surface area contributed by atoms with Crippen LogP contribution >= 0.6 is 0 Å². The lowest BCUT2D eigenvalue weighted by Crippen LogP contribution is -2.30. The van der Waals surface area contributed by atoms with Gasteiger partial charge in [0.25, 0.3) is 11.8 Å². The van der Waals surface area contributed by atoms with Crippen LogP contribution in [0.25, 0.3) is 0 Å². The summed E-state index contributed by atoms with van der Waals surface area (Å²) in [6.45, 7) is 3.13. The van der Waals surface area contributed by atoms with Gasteiger partial charge in [0.2, 0.25) is 0 Å². The molecule has 2 N–H and O–H groups in total. The number of anilines is 2. The van der Waals surface area contributed by atoms with Crippen LogP contribution in [0.2, 0.25) is 0 Å². The Hall–Kier alpha value is -3.88. The molecule has 3 rings (SSSR count). The molecule has 0 radical (unpaired) electrons. The highest BCUT2D eigenvalue weighted by Gasteiger charge is 2.20. The van der Waals surface area contributed by atoms with Crippen molar-refractivity contribution in [1.29, 1.82) is 0 Å². The Bertz CT molecular complexity index is 976. The number of furan rings is 1. The maximum atomic E-state index is 12.2. The molecule has 0 aliphatic rings. The van der Waals surface area contributed by atoms with E-state index >= 15 is 0 Å². The van der Waals surface area contributed by atoms with Crippen LogP contribution in [-0.2, 0) is 9.53 Å². The summed E-state index contributed by atoms with van der Waals surface area (Å²) in [4.78, 5) is 36.2. The number of nitrogens with zero attached hydrogens (tertiary/aromatic N) is 1. The SMILES string of the molecule is Cc1cc(NC(=O)[C@@H](C)OC(=O)c2ccc(NC(=O)c3ccco3)cc2)no1. The maximum absolute atomic E-state index is 12.2. The van der Waals surface area contributed by atoms with E-state index in [2.05, 4.69) is 15.8 Å². The maximum Gasteiger partial charge on any atom is 0.338 e. The number of carbonyl (C=O) groups excluding carboxylic acids is 3. The lowest BCUT2D eigenvalue weighted by Gasteiger charge is -2.12. The number of esters is 1. The van der Waals surface area contributed by atoms with Gasteiger partial charge < -0.3 is 24.3 Å². The van der Waals surface area contributed by atoms with Crippen molar-refractivity contribution >= 4 is 29.3 Å². The van der Waals surface area contributed by atoms with E-state index in [0.29, 0.717) is 11.4 Å². The molecule has 3 aromatic rings. The van der Waals surface area contributed by atoms with Gasteiger partial charge in [-0.2, -0.15) is 0 Å². The number of rotatable bonds is 6. The molecule has 0 saturated heterocycles. The number of nitrogens with one attached hydrogen (secondary N) is 2. The first-order valence-corrected chi connectivity index (χ1v) is 8.32. The van der Waals surface area contributed by atoms with E-state index < -0.39 is 23.9 Å². The third-order valence-corrected chi connectivity index (χ3v) is 3.66. The minimum absolute atomic E-state index is 0.172. The van der Waals surface area contributed by atoms with Crippen LogP contribution in [0.5, 0.6) is 0 Å². The van der Waals surface area contributed by atoms with E-state index in [1.165, 1.54) is 31.4 Å². The number of ether oxygens (including phenoxy) is 1. The van der Waals surface area contributed by atoms with Crippen LogP contribution in [0.1, 0.15) is 33.6 Å². The van der Waals surface area contributed by atoms with Gasteiger partial charge >= 0.3 is 5.97 Å². The predicted octanol–water partition coefficient (Wildman–Crippen LogP) is 3.01. The molecule has 2 heterocycles. The van der Waals surface area contributed by atoms with Crippen LogP contribution in [0.3, 0.4) is 0 Å². The summed E-state index contributed by atoms with van der Waals surface area (Å²) in [6, 6.07) is 10.7. The summed E-state index contributed by atoms with van der Waals surface area (Å²) in [7, 11) is 0. The molecule has 144 valence electrons. The molecule has 0 aliphatic heterocycles. The zero-order valence-corrected chi connectivity index (χ0v) is 15.1. The highest BCUT2D eigenvalue weighted by molar-refractivity contribution is 6.02. The van der Waals surface area contributed by atoms with Crippen molar-refractivity contribution in [2.75, 3.05) is 10.6 Å². The first-order valence-electron chi connectivity index (χ1n) is 8.32. The third kappa shape index (κ3) is 4.64. The summed E-state index contributed by atoms with van der Waals surface area (Å²) < 4.78 is 15.0. The van der Waals surface area contributed by atoms with Crippen molar-refractivity contribution in [3.8, 4) is 0 Å². The van der Waals surface area contributed by atoms with Crippen LogP contribution < -0.4 is 10.6 Å². The van der Waals surface area contributed by atoms with Crippen molar-refractivity contribution in [2.24, 2.45) is 0 Å². The summed E-state index contributed by atoms with van der Waals surface area (Å²) in [5.41, 5.74) is 0.707. The second-order valence-corrected chi connectivity index (χ2v) is 5.87. The molecule has 9 nitrogen and oxygen atoms in total. The molecule has 0 fully saturated rings. The number of carbonyl (C=O) groups is 3. The minimum Gasteiger partial charge on any atom is -0.459 e. The topological polar surface area (TPSA) is 124 Å². The number of amides is 2. The van der Waals surface area contributed by atoms with Gasteiger partial charge in [0.05, 0.1) is 11.8 Å². The van der Waals surface area contributed by atoms with Crippen LogP contribution in [0.4, 0.5) is 11.5 Å². The van der Waals surface area contributed by atoms with Gasteiger partial charge in [-0.1, -0.05) is 5.16 Å². The fourth-order valence-electron chi connectivity index (χ4n) is 2.23. The molecule has 2 aromatic heterocycles. The summed E-state index contributed by atoms with van der Waals surface area (Å²) in [5.74, 6) is -0.674. The van der Waals surface area contributed by atoms with E-state index in [1.807, 2.05) is 0 Å². The zero-order valence-electron chi connectivity index (χ0n) is 15.1. The molecule has 9 heteroatoms. The third-order valence-electron chi connectivity index (χ3n) is 3.66. The Labute approximate surface area is 159 Å². The smallest absolute Gasteiger partial charge is 0.338 e. The van der Waals surface area contributed by atoms with Crippen LogP contribution in [-0.4, -0.2) is 29.0 Å². The standard InChI is InChI=1S/C19H17N3O6/c1-11-10-16(22-28-11)21-17(23)12(2)27-19(25)13-5-7-14(8-6-13)20-18(24)15-4-3-9-26-15/h3-10,12H,1-2H3,(H,20,24)(H,21,22,23)/t12-/m1/s1. The number of aryl methyl sites for hydroxylation is 1. The number of hydrogen-bond acceptors (Lipinski definition) is 7. The van der Waals surface area contributed by atoms with E-state index in [0.717, 1.165) is 0 Å². The van der Waals surface area contributed by atoms with Crippen molar-refractivity contribution in [1.82, 2.24) is 5.16 Å². The Morgan fingerprint density at radius 3 is 2.46 bits per heavy atom.